The average Bonchev–Trinajstić information content (AvgIpc) is 3.49. The predicted octanol–water partition coefficient (Wildman–Crippen LogP) is 5.31. The first kappa shape index (κ1) is 27.0. The van der Waals surface area contributed by atoms with Gasteiger partial charge in [0.15, 0.2) is 17.3 Å². The van der Waals surface area contributed by atoms with Crippen molar-refractivity contribution in [1.29, 1.82) is 0 Å². The van der Waals surface area contributed by atoms with Crippen molar-refractivity contribution < 1.29 is 19.1 Å². The van der Waals surface area contributed by atoms with Gasteiger partial charge in [0.2, 0.25) is 5.95 Å². The normalized spacial score (nSPS) is 10.9. The lowest BCUT2D eigenvalue weighted by Gasteiger charge is -2.19. The number of imidazole rings is 1. The Labute approximate surface area is 244 Å². The molecule has 1 amide bonds. The highest BCUT2D eigenvalue weighted by Crippen LogP contribution is 2.26. The number of fused-ring (bicyclic) bond motifs is 1. The number of amides is 1. The number of nitrogens with zero attached hydrogens (tertiary/aromatic N) is 4. The molecule has 0 fully saturated rings. The highest BCUT2D eigenvalue weighted by molar-refractivity contribution is 6.03. The number of rotatable bonds is 6. The predicted molar refractivity (Wildman–Crippen MR) is 159 cm³/mol. The zero-order chi connectivity index (χ0) is 29.8. The van der Waals surface area contributed by atoms with Crippen LogP contribution in [0.5, 0.6) is 0 Å². The Morgan fingerprint density at radius 1 is 0.674 bits per heavy atom. The Hall–Kier alpha value is -6.16. The van der Waals surface area contributed by atoms with Crippen LogP contribution in [0.3, 0.4) is 0 Å². The summed E-state index contributed by atoms with van der Waals surface area (Å²) in [4.78, 5) is 62.6. The largest absolute Gasteiger partial charge is 0.436 e. The van der Waals surface area contributed by atoms with Crippen molar-refractivity contribution in [3.63, 3.8) is 0 Å². The van der Waals surface area contributed by atoms with Crippen molar-refractivity contribution in [2.24, 2.45) is 0 Å². The van der Waals surface area contributed by atoms with Crippen LogP contribution in [0.1, 0.15) is 37.9 Å². The van der Waals surface area contributed by atoms with Crippen LogP contribution in [0.25, 0.3) is 11.2 Å². The number of hydrogen-bond donors (Lipinski definition) is 1. The minimum atomic E-state index is -0.960. The van der Waals surface area contributed by atoms with Gasteiger partial charge in [0.05, 0.1) is 0 Å². The van der Waals surface area contributed by atoms with Gasteiger partial charge in [-0.2, -0.15) is 4.98 Å². The van der Waals surface area contributed by atoms with E-state index in [0.29, 0.717) is 21.3 Å². The minimum absolute atomic E-state index is 0.135. The summed E-state index contributed by atoms with van der Waals surface area (Å²) in [5.41, 5.74) is 0.646. The Bertz CT molecular complexity index is 1950. The SMILES string of the molecule is O=C(Nc1nc2ncn(C(=O)c3ccccc3)c2c(=O)n1C(=O)c1ccccc1)OC(c1ccccc1)c1ccccc1. The second-order valence-corrected chi connectivity index (χ2v) is 9.44. The van der Waals surface area contributed by atoms with E-state index in [9.17, 15) is 19.2 Å². The van der Waals surface area contributed by atoms with E-state index < -0.39 is 35.5 Å². The highest BCUT2D eigenvalue weighted by Gasteiger charge is 2.26. The van der Waals surface area contributed by atoms with Crippen molar-refractivity contribution in [3.8, 4) is 0 Å². The van der Waals surface area contributed by atoms with Gasteiger partial charge in [-0.15, -0.1) is 0 Å². The molecule has 0 bridgehead atoms. The van der Waals surface area contributed by atoms with E-state index in [4.69, 9.17) is 4.74 Å². The monoisotopic (exact) mass is 569 g/mol. The molecule has 6 aromatic rings. The van der Waals surface area contributed by atoms with Crippen LogP contribution in [-0.2, 0) is 4.74 Å². The Morgan fingerprint density at radius 3 is 1.70 bits per heavy atom. The topological polar surface area (TPSA) is 125 Å². The number of nitrogens with one attached hydrogen (secondary N) is 1. The fourth-order valence-electron chi connectivity index (χ4n) is 4.64. The fourth-order valence-corrected chi connectivity index (χ4v) is 4.64. The molecule has 0 saturated carbocycles. The minimum Gasteiger partial charge on any atom is -0.436 e. The van der Waals surface area contributed by atoms with E-state index in [1.54, 1.807) is 48.5 Å². The molecule has 43 heavy (non-hydrogen) atoms. The van der Waals surface area contributed by atoms with Crippen LogP contribution in [-0.4, -0.2) is 37.0 Å². The quantitative estimate of drug-likeness (QED) is 0.288. The molecule has 210 valence electrons. The van der Waals surface area contributed by atoms with Crippen LogP contribution in [0, 0.1) is 0 Å². The standard InChI is InChI=1S/C33H23N5O5/c39-29(24-17-9-3-10-18-24)37-21-34-28-26(37)31(41)38(30(40)25-19-11-4-12-20-25)32(35-28)36-33(42)43-27(22-13-5-1-6-14-22)23-15-7-2-8-16-23/h1-21,27H,(H,35,36,42). The number of hydrogen-bond acceptors (Lipinski definition) is 7. The first-order valence-electron chi connectivity index (χ1n) is 13.3. The molecule has 2 heterocycles. The van der Waals surface area contributed by atoms with Crippen molar-refractivity contribution in [2.45, 2.75) is 6.10 Å². The van der Waals surface area contributed by atoms with E-state index in [2.05, 4.69) is 15.3 Å². The lowest BCUT2D eigenvalue weighted by Crippen LogP contribution is -2.34. The maximum Gasteiger partial charge on any atom is 0.414 e. The van der Waals surface area contributed by atoms with Crippen LogP contribution in [0.15, 0.2) is 132 Å². The number of anilines is 1. The van der Waals surface area contributed by atoms with Crippen molar-refractivity contribution in [3.05, 3.63) is 160 Å². The molecule has 1 N–H and O–H groups in total. The zero-order valence-electron chi connectivity index (χ0n) is 22.5. The molecular weight excluding hydrogens is 546 g/mol. The number of carbonyl (C=O) groups excluding carboxylic acids is 3. The zero-order valence-corrected chi connectivity index (χ0v) is 22.5. The van der Waals surface area contributed by atoms with Gasteiger partial charge in [-0.1, -0.05) is 97.1 Å². The van der Waals surface area contributed by atoms with Crippen molar-refractivity contribution in [2.75, 3.05) is 5.32 Å². The molecule has 0 aliphatic rings. The van der Waals surface area contributed by atoms with Gasteiger partial charge < -0.3 is 4.74 Å². The van der Waals surface area contributed by atoms with Crippen LogP contribution in [0.4, 0.5) is 10.7 Å². The number of carbonyl (C=O) groups is 3. The number of benzene rings is 4. The molecule has 0 aliphatic carbocycles. The summed E-state index contributed by atoms with van der Waals surface area (Å²) < 4.78 is 7.57. The van der Waals surface area contributed by atoms with E-state index in [1.165, 1.54) is 12.1 Å². The second kappa shape index (κ2) is 11.8. The third kappa shape index (κ3) is 5.44. The van der Waals surface area contributed by atoms with E-state index in [0.717, 1.165) is 10.9 Å². The van der Waals surface area contributed by atoms with Gasteiger partial charge in [-0.25, -0.2) is 14.3 Å². The Kier molecular flexibility index (Phi) is 7.39. The molecule has 0 radical (unpaired) electrons. The van der Waals surface area contributed by atoms with Gasteiger partial charge >= 0.3 is 6.09 Å². The summed E-state index contributed by atoms with van der Waals surface area (Å²) in [6.07, 6.45) is -0.591. The van der Waals surface area contributed by atoms with E-state index in [1.807, 2.05) is 60.7 Å². The van der Waals surface area contributed by atoms with Gasteiger partial charge in [0, 0.05) is 11.1 Å². The van der Waals surface area contributed by atoms with Gasteiger partial charge in [0.1, 0.15) is 6.33 Å². The summed E-state index contributed by atoms with van der Waals surface area (Å²) in [5, 5.41) is 2.47. The van der Waals surface area contributed by atoms with Crippen molar-refractivity contribution in [1.82, 2.24) is 19.1 Å². The molecule has 0 unspecified atom stereocenters. The maximum atomic E-state index is 13.9. The average molecular weight is 570 g/mol. The van der Waals surface area contributed by atoms with Crippen LogP contribution >= 0.6 is 0 Å². The molecule has 10 heteroatoms. The molecule has 0 aliphatic heterocycles. The molecule has 2 aromatic heterocycles. The summed E-state index contributed by atoms with van der Waals surface area (Å²) >= 11 is 0. The van der Waals surface area contributed by atoms with E-state index in [-0.39, 0.29) is 16.7 Å². The Balaban J connectivity index is 1.42. The summed E-state index contributed by atoms with van der Waals surface area (Å²) in [6, 6.07) is 34.6. The third-order valence-electron chi connectivity index (χ3n) is 6.68. The molecule has 4 aromatic carbocycles. The first-order chi connectivity index (χ1) is 21.0. The molecular formula is C33H23N5O5. The van der Waals surface area contributed by atoms with Crippen LogP contribution in [0.2, 0.25) is 0 Å². The smallest absolute Gasteiger partial charge is 0.414 e. The number of ether oxygens (including phenoxy) is 1. The van der Waals surface area contributed by atoms with Crippen molar-refractivity contribution >= 4 is 35.0 Å². The summed E-state index contributed by atoms with van der Waals surface area (Å²) in [5.74, 6) is -1.71. The highest BCUT2D eigenvalue weighted by atomic mass is 16.6. The third-order valence-corrected chi connectivity index (χ3v) is 6.68. The fraction of sp³-hybridized carbons (Fsp3) is 0.0303. The van der Waals surface area contributed by atoms with Gasteiger partial charge in [0.25, 0.3) is 17.4 Å². The van der Waals surface area contributed by atoms with Gasteiger partial charge in [-0.3, -0.25) is 24.3 Å². The molecule has 6 rings (SSSR count). The summed E-state index contributed by atoms with van der Waals surface area (Å²) in [7, 11) is 0. The Morgan fingerprint density at radius 2 is 1.16 bits per heavy atom. The lowest BCUT2D eigenvalue weighted by atomic mass is 10.0. The van der Waals surface area contributed by atoms with Crippen LogP contribution < -0.4 is 10.9 Å². The molecule has 10 nitrogen and oxygen atoms in total. The number of aromatic nitrogens is 4. The lowest BCUT2D eigenvalue weighted by molar-refractivity contribution is 0.0946. The molecule has 0 spiro atoms. The second-order valence-electron chi connectivity index (χ2n) is 9.44. The maximum absolute atomic E-state index is 13.9. The summed E-state index contributed by atoms with van der Waals surface area (Å²) in [6.45, 7) is 0. The first-order valence-corrected chi connectivity index (χ1v) is 13.3. The van der Waals surface area contributed by atoms with Gasteiger partial charge in [-0.05, 0) is 35.4 Å². The molecule has 0 saturated heterocycles. The van der Waals surface area contributed by atoms with E-state index >= 15 is 0 Å². The molecule has 0 atom stereocenters.